The molecule has 0 aliphatic carbocycles. The van der Waals surface area contributed by atoms with E-state index in [1.807, 2.05) is 0 Å². The van der Waals surface area contributed by atoms with Gasteiger partial charge < -0.3 is 26.0 Å². The Bertz CT molecular complexity index is 1030. The standard InChI is InChI=1S/C30H51N5O7/c1-2-3-4-5-6-7-8-9-10-11-12-14-17-27(37)30(39)25(22-36)32-28(38)18-15-13-16-19-31-23-20-24-29(34-42-33-24)26(21-23)35(40)41/h20-21,25,27,30-31,36-37,39H,2-19,22H2,1H3,(H,32,38)/t25-,27-,30-/m1/s1. The van der Waals surface area contributed by atoms with Crippen molar-refractivity contribution < 1.29 is 29.7 Å². The number of aromatic nitrogens is 2. The predicted molar refractivity (Wildman–Crippen MR) is 162 cm³/mol. The second kappa shape index (κ2) is 21.0. The minimum Gasteiger partial charge on any atom is -0.394 e. The number of anilines is 1. The van der Waals surface area contributed by atoms with E-state index in [2.05, 4.69) is 32.5 Å². The van der Waals surface area contributed by atoms with Crippen molar-refractivity contribution in [3.8, 4) is 0 Å². The number of nitrogens with one attached hydrogen (secondary N) is 2. The number of aliphatic hydroxyl groups excluding tert-OH is 3. The van der Waals surface area contributed by atoms with Gasteiger partial charge in [-0.1, -0.05) is 90.4 Å². The number of fused-ring (bicyclic) bond motifs is 1. The highest BCUT2D eigenvalue weighted by Crippen LogP contribution is 2.27. The highest BCUT2D eigenvalue weighted by atomic mass is 16.6. The molecule has 0 bridgehead atoms. The van der Waals surface area contributed by atoms with Crippen molar-refractivity contribution in [3.05, 3.63) is 22.2 Å². The molecule has 0 radical (unpaired) electrons. The first-order valence-corrected chi connectivity index (χ1v) is 15.8. The molecular weight excluding hydrogens is 542 g/mol. The Balaban J connectivity index is 1.53. The number of carbonyl (C=O) groups excluding carboxylic acids is 1. The molecule has 0 fully saturated rings. The molecule has 12 nitrogen and oxygen atoms in total. The molecule has 12 heteroatoms. The fraction of sp³-hybridized carbons (Fsp3) is 0.767. The minimum absolute atomic E-state index is 0.0970. The molecule has 0 unspecified atom stereocenters. The van der Waals surface area contributed by atoms with Gasteiger partial charge in [-0.15, -0.1) is 0 Å². The Morgan fingerprint density at radius 2 is 1.55 bits per heavy atom. The van der Waals surface area contributed by atoms with E-state index >= 15 is 0 Å². The van der Waals surface area contributed by atoms with Crippen LogP contribution in [0.2, 0.25) is 0 Å². The van der Waals surface area contributed by atoms with E-state index in [1.54, 1.807) is 6.07 Å². The predicted octanol–water partition coefficient (Wildman–Crippen LogP) is 5.39. The molecule has 5 N–H and O–H groups in total. The van der Waals surface area contributed by atoms with Crippen molar-refractivity contribution in [1.29, 1.82) is 0 Å². The Morgan fingerprint density at radius 1 is 0.929 bits per heavy atom. The molecule has 2 aromatic rings. The van der Waals surface area contributed by atoms with Crippen molar-refractivity contribution in [3.63, 3.8) is 0 Å². The van der Waals surface area contributed by atoms with Gasteiger partial charge in [-0.05, 0) is 35.6 Å². The van der Waals surface area contributed by atoms with Crippen LogP contribution in [-0.4, -0.2) is 67.9 Å². The average molecular weight is 594 g/mol. The normalized spacial score (nSPS) is 13.6. The summed E-state index contributed by atoms with van der Waals surface area (Å²) in [7, 11) is 0. The van der Waals surface area contributed by atoms with Crippen LogP contribution in [-0.2, 0) is 4.79 Å². The van der Waals surface area contributed by atoms with Gasteiger partial charge in [-0.2, -0.15) is 0 Å². The van der Waals surface area contributed by atoms with Crippen molar-refractivity contribution in [2.24, 2.45) is 0 Å². The van der Waals surface area contributed by atoms with Crippen LogP contribution < -0.4 is 10.6 Å². The van der Waals surface area contributed by atoms with Gasteiger partial charge >= 0.3 is 5.69 Å². The van der Waals surface area contributed by atoms with Crippen LogP contribution in [0.3, 0.4) is 0 Å². The van der Waals surface area contributed by atoms with Crippen molar-refractivity contribution in [1.82, 2.24) is 15.6 Å². The van der Waals surface area contributed by atoms with E-state index in [9.17, 15) is 30.2 Å². The summed E-state index contributed by atoms with van der Waals surface area (Å²) < 4.78 is 4.59. The summed E-state index contributed by atoms with van der Waals surface area (Å²) in [5.41, 5.74) is 0.736. The minimum atomic E-state index is -1.22. The third-order valence-corrected chi connectivity index (χ3v) is 7.65. The van der Waals surface area contributed by atoms with Gasteiger partial charge in [0.1, 0.15) is 11.6 Å². The molecule has 1 amide bonds. The molecule has 1 aromatic heterocycles. The van der Waals surface area contributed by atoms with E-state index in [4.69, 9.17) is 0 Å². The number of nitro benzene ring substituents is 1. The third kappa shape index (κ3) is 13.4. The second-order valence-corrected chi connectivity index (χ2v) is 11.2. The maximum atomic E-state index is 12.4. The Kier molecular flexibility index (Phi) is 17.6. The van der Waals surface area contributed by atoms with Gasteiger partial charge in [-0.3, -0.25) is 14.9 Å². The van der Waals surface area contributed by atoms with E-state index in [1.165, 1.54) is 63.9 Å². The summed E-state index contributed by atoms with van der Waals surface area (Å²) >= 11 is 0. The summed E-state index contributed by atoms with van der Waals surface area (Å²) in [5.74, 6) is -0.293. The fourth-order valence-corrected chi connectivity index (χ4v) is 5.09. The van der Waals surface area contributed by atoms with Gasteiger partial charge in [0.25, 0.3) is 0 Å². The van der Waals surface area contributed by atoms with Gasteiger partial charge in [0.05, 0.1) is 23.7 Å². The van der Waals surface area contributed by atoms with E-state index in [0.717, 1.165) is 32.1 Å². The number of rotatable bonds is 25. The van der Waals surface area contributed by atoms with E-state index in [0.29, 0.717) is 30.6 Å². The summed E-state index contributed by atoms with van der Waals surface area (Å²) in [6.45, 7) is 2.32. The first-order chi connectivity index (χ1) is 20.4. The number of benzene rings is 1. The number of nitro groups is 1. The number of hydrogen-bond donors (Lipinski definition) is 5. The SMILES string of the molecule is CCCCCCCCCCCCCC[C@@H](O)[C@H](O)[C@@H](CO)NC(=O)CCCCCNc1cc([N+](=O)[O-])c2nonc2c1. The fourth-order valence-electron chi connectivity index (χ4n) is 5.09. The number of aliphatic hydroxyl groups is 3. The lowest BCUT2D eigenvalue weighted by molar-refractivity contribution is -0.383. The lowest BCUT2D eigenvalue weighted by Gasteiger charge is -2.26. The molecule has 0 saturated heterocycles. The molecule has 0 aliphatic rings. The van der Waals surface area contributed by atoms with E-state index in [-0.39, 0.29) is 23.5 Å². The molecule has 1 heterocycles. The highest BCUT2D eigenvalue weighted by molar-refractivity contribution is 5.87. The number of nitrogens with zero attached hydrogens (tertiary/aromatic N) is 3. The smallest absolute Gasteiger partial charge is 0.302 e. The Hall–Kier alpha value is -2.83. The topological polar surface area (TPSA) is 184 Å². The Labute approximate surface area is 248 Å². The van der Waals surface area contributed by atoms with Crippen LogP contribution in [0.1, 0.15) is 116 Å². The van der Waals surface area contributed by atoms with Gasteiger partial charge in [0.2, 0.25) is 11.4 Å². The lowest BCUT2D eigenvalue weighted by Crippen LogP contribution is -2.50. The third-order valence-electron chi connectivity index (χ3n) is 7.65. The zero-order chi connectivity index (χ0) is 30.6. The maximum absolute atomic E-state index is 12.4. The van der Waals surface area contributed by atoms with Crippen LogP contribution in [0.25, 0.3) is 11.0 Å². The van der Waals surface area contributed by atoms with Crippen LogP contribution in [0, 0.1) is 10.1 Å². The average Bonchev–Trinajstić information content (AvgIpc) is 3.46. The monoisotopic (exact) mass is 593 g/mol. The zero-order valence-corrected chi connectivity index (χ0v) is 25.1. The summed E-state index contributed by atoms with van der Waals surface area (Å²) in [5, 5.41) is 54.8. The van der Waals surface area contributed by atoms with Crippen molar-refractivity contribution >= 4 is 28.3 Å². The molecule has 42 heavy (non-hydrogen) atoms. The largest absolute Gasteiger partial charge is 0.394 e. The molecular formula is C30H51N5O7. The Morgan fingerprint density at radius 3 is 2.17 bits per heavy atom. The number of carbonyl (C=O) groups is 1. The first kappa shape index (κ1) is 35.4. The highest BCUT2D eigenvalue weighted by Gasteiger charge is 2.26. The molecule has 2 rings (SSSR count). The number of amides is 1. The molecule has 238 valence electrons. The summed E-state index contributed by atoms with van der Waals surface area (Å²) in [6.07, 6.45) is 15.1. The van der Waals surface area contributed by atoms with Crippen molar-refractivity contribution in [2.45, 2.75) is 134 Å². The zero-order valence-electron chi connectivity index (χ0n) is 25.1. The van der Waals surface area contributed by atoms with Crippen LogP contribution in [0.5, 0.6) is 0 Å². The van der Waals surface area contributed by atoms with Crippen LogP contribution in [0.4, 0.5) is 11.4 Å². The molecule has 0 spiro atoms. The number of hydrogen-bond acceptors (Lipinski definition) is 10. The van der Waals surface area contributed by atoms with Gasteiger partial charge in [0, 0.05) is 24.7 Å². The number of unbranched alkanes of at least 4 members (excludes halogenated alkanes) is 13. The summed E-state index contributed by atoms with van der Waals surface area (Å²) in [4.78, 5) is 23.1. The molecule has 1 aromatic carbocycles. The van der Waals surface area contributed by atoms with Crippen molar-refractivity contribution in [2.75, 3.05) is 18.5 Å². The maximum Gasteiger partial charge on any atom is 0.302 e. The van der Waals surface area contributed by atoms with Gasteiger partial charge in [-0.25, -0.2) is 4.63 Å². The lowest BCUT2D eigenvalue weighted by atomic mass is 9.99. The second-order valence-electron chi connectivity index (χ2n) is 11.2. The van der Waals surface area contributed by atoms with Crippen LogP contribution in [0.15, 0.2) is 16.8 Å². The number of non-ortho nitro benzene ring substituents is 1. The van der Waals surface area contributed by atoms with E-state index < -0.39 is 29.8 Å². The first-order valence-electron chi connectivity index (χ1n) is 15.8. The molecule has 3 atom stereocenters. The molecule has 0 saturated carbocycles. The quantitative estimate of drug-likeness (QED) is 0.0568. The molecule has 0 aliphatic heterocycles. The summed E-state index contributed by atoms with van der Waals surface area (Å²) in [6, 6.07) is 2.09. The van der Waals surface area contributed by atoms with Crippen LogP contribution >= 0.6 is 0 Å². The van der Waals surface area contributed by atoms with Gasteiger partial charge in [0.15, 0.2) is 0 Å².